The Hall–Kier alpha value is -1.10. The van der Waals surface area contributed by atoms with E-state index in [-0.39, 0.29) is 11.9 Å². The van der Waals surface area contributed by atoms with Crippen molar-refractivity contribution in [2.45, 2.75) is 25.0 Å². The van der Waals surface area contributed by atoms with Crippen molar-refractivity contribution in [3.05, 3.63) is 29.8 Å². The van der Waals surface area contributed by atoms with Gasteiger partial charge in [-0.2, -0.15) is 0 Å². The van der Waals surface area contributed by atoms with Crippen LogP contribution in [-0.2, 0) is 0 Å². The molecule has 0 bridgehead atoms. The van der Waals surface area contributed by atoms with Crippen LogP contribution in [0.5, 0.6) is 5.75 Å². The Labute approximate surface area is 113 Å². The minimum absolute atomic E-state index is 0.112. The molecule has 0 radical (unpaired) electrons. The quantitative estimate of drug-likeness (QED) is 0.765. The van der Waals surface area contributed by atoms with Crippen molar-refractivity contribution in [1.82, 2.24) is 4.90 Å². The third-order valence-corrected chi connectivity index (χ3v) is 4.51. The molecule has 3 rings (SSSR count). The standard InChI is InChI=1S/C15H21NO3/c17-13-3-1-10(2-4-13)15(19)9-16-7-11-5-14(18)6-12(11)8-16/h1-4,11-12,14-15,17-19H,5-9H2. The Morgan fingerprint density at radius 2 is 1.68 bits per heavy atom. The van der Waals surface area contributed by atoms with Gasteiger partial charge in [-0.15, -0.1) is 0 Å². The van der Waals surface area contributed by atoms with E-state index in [0.29, 0.717) is 18.4 Å². The van der Waals surface area contributed by atoms with Gasteiger partial charge in [0.1, 0.15) is 5.75 Å². The summed E-state index contributed by atoms with van der Waals surface area (Å²) < 4.78 is 0. The highest BCUT2D eigenvalue weighted by Crippen LogP contribution is 2.38. The Morgan fingerprint density at radius 1 is 1.11 bits per heavy atom. The first-order valence-corrected chi connectivity index (χ1v) is 6.99. The monoisotopic (exact) mass is 263 g/mol. The van der Waals surface area contributed by atoms with E-state index in [1.165, 1.54) is 0 Å². The third-order valence-electron chi connectivity index (χ3n) is 4.51. The molecule has 0 aromatic heterocycles. The van der Waals surface area contributed by atoms with Crippen molar-refractivity contribution in [1.29, 1.82) is 0 Å². The van der Waals surface area contributed by atoms with Crippen LogP contribution in [0.3, 0.4) is 0 Å². The van der Waals surface area contributed by atoms with Crippen molar-refractivity contribution in [2.75, 3.05) is 19.6 Å². The lowest BCUT2D eigenvalue weighted by Gasteiger charge is -2.21. The van der Waals surface area contributed by atoms with E-state index in [0.717, 1.165) is 31.5 Å². The predicted molar refractivity (Wildman–Crippen MR) is 71.7 cm³/mol. The molecule has 3 N–H and O–H groups in total. The number of nitrogens with zero attached hydrogens (tertiary/aromatic N) is 1. The first-order valence-electron chi connectivity index (χ1n) is 6.99. The number of fused-ring (bicyclic) bond motifs is 1. The van der Waals surface area contributed by atoms with Crippen molar-refractivity contribution in [3.8, 4) is 5.75 Å². The SMILES string of the molecule is Oc1ccc(C(O)CN2CC3CC(O)CC3C2)cc1. The summed E-state index contributed by atoms with van der Waals surface area (Å²) in [4.78, 5) is 2.29. The topological polar surface area (TPSA) is 63.9 Å². The molecule has 3 atom stereocenters. The molecule has 2 aliphatic rings. The molecule has 0 amide bonds. The van der Waals surface area contributed by atoms with Crippen molar-refractivity contribution in [2.24, 2.45) is 11.8 Å². The lowest BCUT2D eigenvalue weighted by atomic mass is 10.0. The fourth-order valence-corrected chi connectivity index (χ4v) is 3.56. The Bertz CT molecular complexity index is 420. The molecule has 0 spiro atoms. The van der Waals surface area contributed by atoms with Gasteiger partial charge in [0.05, 0.1) is 12.2 Å². The number of phenolic OH excluding ortho intramolecular Hbond substituents is 1. The van der Waals surface area contributed by atoms with Gasteiger partial charge in [0, 0.05) is 19.6 Å². The average Bonchev–Trinajstić information content (AvgIpc) is 2.86. The summed E-state index contributed by atoms with van der Waals surface area (Å²) in [5.74, 6) is 1.42. The molecule has 1 aliphatic heterocycles. The minimum atomic E-state index is -0.510. The molecule has 1 heterocycles. The van der Waals surface area contributed by atoms with Gasteiger partial charge in [0.2, 0.25) is 0 Å². The molecular weight excluding hydrogens is 242 g/mol. The van der Waals surface area contributed by atoms with Crippen LogP contribution >= 0.6 is 0 Å². The van der Waals surface area contributed by atoms with Crippen LogP contribution < -0.4 is 0 Å². The predicted octanol–water partition coefficient (Wildman–Crippen LogP) is 1.13. The third kappa shape index (κ3) is 2.76. The Kier molecular flexibility index (Phi) is 3.48. The summed E-state index contributed by atoms with van der Waals surface area (Å²) in [6, 6.07) is 6.74. The van der Waals surface area contributed by atoms with Crippen LogP contribution in [-0.4, -0.2) is 46.0 Å². The lowest BCUT2D eigenvalue weighted by Crippen LogP contribution is -2.28. The number of aromatic hydroxyl groups is 1. The van der Waals surface area contributed by atoms with Crippen molar-refractivity contribution >= 4 is 0 Å². The fourth-order valence-electron chi connectivity index (χ4n) is 3.56. The molecule has 19 heavy (non-hydrogen) atoms. The van der Waals surface area contributed by atoms with Crippen molar-refractivity contribution < 1.29 is 15.3 Å². The van der Waals surface area contributed by atoms with Crippen molar-refractivity contribution in [3.63, 3.8) is 0 Å². The van der Waals surface area contributed by atoms with Gasteiger partial charge in [-0.25, -0.2) is 0 Å². The van der Waals surface area contributed by atoms with Crippen LogP contribution in [0.25, 0.3) is 0 Å². The average molecular weight is 263 g/mol. The maximum Gasteiger partial charge on any atom is 0.115 e. The number of likely N-dealkylation sites (tertiary alicyclic amines) is 1. The smallest absolute Gasteiger partial charge is 0.115 e. The van der Waals surface area contributed by atoms with Crippen LogP contribution in [0.1, 0.15) is 24.5 Å². The number of phenols is 1. The van der Waals surface area contributed by atoms with Gasteiger partial charge >= 0.3 is 0 Å². The second-order valence-corrected chi connectivity index (χ2v) is 5.97. The number of aliphatic hydroxyl groups is 2. The summed E-state index contributed by atoms with van der Waals surface area (Å²) >= 11 is 0. The summed E-state index contributed by atoms with van der Waals surface area (Å²) in [6.07, 6.45) is 1.20. The fraction of sp³-hybridized carbons (Fsp3) is 0.600. The molecule has 4 heteroatoms. The van der Waals surface area contributed by atoms with Gasteiger partial charge in [-0.3, -0.25) is 4.90 Å². The highest BCUT2D eigenvalue weighted by molar-refractivity contribution is 5.27. The maximum atomic E-state index is 10.2. The highest BCUT2D eigenvalue weighted by atomic mass is 16.3. The zero-order valence-corrected chi connectivity index (χ0v) is 10.9. The molecule has 2 fully saturated rings. The van der Waals surface area contributed by atoms with E-state index in [2.05, 4.69) is 4.90 Å². The molecule has 1 aliphatic carbocycles. The largest absolute Gasteiger partial charge is 0.508 e. The number of benzene rings is 1. The molecule has 4 nitrogen and oxygen atoms in total. The number of hydrogen-bond donors (Lipinski definition) is 3. The van der Waals surface area contributed by atoms with Gasteiger partial charge in [0.25, 0.3) is 0 Å². The second-order valence-electron chi connectivity index (χ2n) is 5.97. The van der Waals surface area contributed by atoms with Crippen LogP contribution in [0, 0.1) is 11.8 Å². The van der Waals surface area contributed by atoms with E-state index in [1.54, 1.807) is 24.3 Å². The van der Waals surface area contributed by atoms with Crippen LogP contribution in [0.15, 0.2) is 24.3 Å². The number of β-amino-alcohol motifs (C(OH)–C–C–N with tert-alkyl or cyclic N) is 1. The number of aliphatic hydroxyl groups excluding tert-OH is 2. The lowest BCUT2D eigenvalue weighted by molar-refractivity contribution is 0.113. The second kappa shape index (κ2) is 5.12. The van der Waals surface area contributed by atoms with E-state index in [1.807, 2.05) is 0 Å². The van der Waals surface area contributed by atoms with E-state index >= 15 is 0 Å². The summed E-state index contributed by atoms with van der Waals surface area (Å²) in [6.45, 7) is 2.60. The normalized spacial score (nSPS) is 32.4. The summed E-state index contributed by atoms with van der Waals surface area (Å²) in [5.41, 5.74) is 0.842. The molecule has 1 saturated carbocycles. The molecule has 1 saturated heterocycles. The van der Waals surface area contributed by atoms with Crippen LogP contribution in [0.2, 0.25) is 0 Å². The molecule has 1 aromatic carbocycles. The Morgan fingerprint density at radius 3 is 2.26 bits per heavy atom. The minimum Gasteiger partial charge on any atom is -0.508 e. The van der Waals surface area contributed by atoms with E-state index in [4.69, 9.17) is 0 Å². The number of hydrogen-bond acceptors (Lipinski definition) is 4. The van der Waals surface area contributed by atoms with Gasteiger partial charge in [0.15, 0.2) is 0 Å². The van der Waals surface area contributed by atoms with E-state index in [9.17, 15) is 15.3 Å². The first-order chi connectivity index (χ1) is 9.11. The molecule has 1 aromatic rings. The Balaban J connectivity index is 1.56. The zero-order chi connectivity index (χ0) is 13.4. The first kappa shape index (κ1) is 12.9. The van der Waals surface area contributed by atoms with Gasteiger partial charge < -0.3 is 15.3 Å². The zero-order valence-electron chi connectivity index (χ0n) is 10.9. The molecule has 104 valence electrons. The summed E-state index contributed by atoms with van der Waals surface area (Å²) in [7, 11) is 0. The molecular formula is C15H21NO3. The van der Waals surface area contributed by atoms with Crippen LogP contribution in [0.4, 0.5) is 0 Å². The van der Waals surface area contributed by atoms with E-state index < -0.39 is 6.10 Å². The summed E-state index contributed by atoms with van der Waals surface area (Å²) in [5, 5.41) is 29.1. The number of rotatable bonds is 3. The molecule has 3 unspecified atom stereocenters. The van der Waals surface area contributed by atoms with Gasteiger partial charge in [-0.05, 0) is 42.4 Å². The van der Waals surface area contributed by atoms with Gasteiger partial charge in [-0.1, -0.05) is 12.1 Å². The highest BCUT2D eigenvalue weighted by Gasteiger charge is 2.40. The maximum absolute atomic E-state index is 10.2.